The fourth-order valence-electron chi connectivity index (χ4n) is 3.36. The van der Waals surface area contributed by atoms with Gasteiger partial charge < -0.3 is 14.5 Å². The van der Waals surface area contributed by atoms with E-state index in [1.54, 1.807) is 7.11 Å². The normalized spacial score (nSPS) is 26.9. The molecule has 116 valence electrons. The number of likely N-dealkylation sites (tertiary alicyclic amines) is 1. The van der Waals surface area contributed by atoms with E-state index >= 15 is 0 Å². The van der Waals surface area contributed by atoms with Gasteiger partial charge in [-0.25, -0.2) is 0 Å². The molecule has 1 unspecified atom stereocenters. The predicted octanol–water partition coefficient (Wildman–Crippen LogP) is 0.507. The summed E-state index contributed by atoms with van der Waals surface area (Å²) >= 11 is 0. The highest BCUT2D eigenvalue weighted by molar-refractivity contribution is 5.77. The third-order valence-electron chi connectivity index (χ3n) is 4.70. The van der Waals surface area contributed by atoms with Gasteiger partial charge in [0.25, 0.3) is 0 Å². The molecule has 0 N–H and O–H groups in total. The van der Waals surface area contributed by atoms with Crippen molar-refractivity contribution in [2.75, 3.05) is 60.0 Å². The quantitative estimate of drug-likeness (QED) is 0.753. The van der Waals surface area contributed by atoms with Crippen LogP contribution < -0.4 is 0 Å². The maximum atomic E-state index is 11.8. The zero-order valence-corrected chi connectivity index (χ0v) is 13.2. The third kappa shape index (κ3) is 4.17. The van der Waals surface area contributed by atoms with Gasteiger partial charge in [-0.05, 0) is 32.7 Å². The van der Waals surface area contributed by atoms with Gasteiger partial charge in [0.2, 0.25) is 5.91 Å². The summed E-state index contributed by atoms with van der Waals surface area (Å²) in [5.41, 5.74) is 0. The number of nitrogens with zero attached hydrogens (tertiary/aromatic N) is 3. The molecule has 20 heavy (non-hydrogen) atoms. The van der Waals surface area contributed by atoms with Crippen LogP contribution in [0.4, 0.5) is 0 Å². The van der Waals surface area contributed by atoms with Crippen LogP contribution in [0.3, 0.4) is 0 Å². The lowest BCUT2D eigenvalue weighted by molar-refractivity contribution is -0.136. The number of methoxy groups -OCH3 is 1. The summed E-state index contributed by atoms with van der Waals surface area (Å²) < 4.78 is 4.93. The summed E-state index contributed by atoms with van der Waals surface area (Å²) in [6.45, 7) is 9.07. The zero-order valence-electron chi connectivity index (χ0n) is 13.2. The molecule has 0 radical (unpaired) electrons. The molecule has 2 aliphatic rings. The fourth-order valence-corrected chi connectivity index (χ4v) is 3.36. The molecule has 2 aliphatic heterocycles. The van der Waals surface area contributed by atoms with Crippen molar-refractivity contribution in [1.29, 1.82) is 0 Å². The Kier molecular flexibility index (Phi) is 5.81. The lowest BCUT2D eigenvalue weighted by Crippen LogP contribution is -2.52. The number of likely N-dealkylation sites (N-methyl/N-ethyl adjacent to an activating group) is 1. The van der Waals surface area contributed by atoms with Gasteiger partial charge in [-0.3, -0.25) is 9.69 Å². The van der Waals surface area contributed by atoms with Crippen molar-refractivity contribution in [3.8, 4) is 0 Å². The number of rotatable bonds is 4. The van der Waals surface area contributed by atoms with Crippen LogP contribution in [0.5, 0.6) is 0 Å². The topological polar surface area (TPSA) is 36.0 Å². The second-order valence-electron chi connectivity index (χ2n) is 6.36. The lowest BCUT2D eigenvalue weighted by Gasteiger charge is -2.41. The van der Waals surface area contributed by atoms with Gasteiger partial charge in [-0.15, -0.1) is 0 Å². The van der Waals surface area contributed by atoms with Gasteiger partial charge in [0.05, 0.1) is 0 Å². The first kappa shape index (κ1) is 15.7. The maximum Gasteiger partial charge on any atom is 0.248 e. The molecule has 1 amide bonds. The standard InChI is InChI=1S/C15H29N3O2/c1-13-10-16(2)8-9-18(13)11-14-4-6-17(7-5-14)15(19)12-20-3/h13-14H,4-12H2,1-3H3. The Morgan fingerprint density at radius 1 is 1.20 bits per heavy atom. The molecule has 2 fully saturated rings. The molecule has 0 aromatic carbocycles. The Hall–Kier alpha value is -0.650. The molecule has 5 nitrogen and oxygen atoms in total. The van der Waals surface area contributed by atoms with Crippen molar-refractivity contribution in [2.45, 2.75) is 25.8 Å². The average molecular weight is 283 g/mol. The molecular formula is C15H29N3O2. The molecular weight excluding hydrogens is 254 g/mol. The Bertz CT molecular complexity index is 316. The average Bonchev–Trinajstić information content (AvgIpc) is 2.43. The first-order chi connectivity index (χ1) is 9.60. The molecule has 2 saturated heterocycles. The Morgan fingerprint density at radius 2 is 1.90 bits per heavy atom. The van der Waals surface area contributed by atoms with Crippen LogP contribution in [-0.4, -0.2) is 86.7 Å². The molecule has 0 aromatic heterocycles. The first-order valence-corrected chi connectivity index (χ1v) is 7.79. The van der Waals surface area contributed by atoms with Crippen LogP contribution >= 0.6 is 0 Å². The van der Waals surface area contributed by atoms with E-state index in [2.05, 4.69) is 23.8 Å². The van der Waals surface area contributed by atoms with E-state index in [9.17, 15) is 4.79 Å². The minimum Gasteiger partial charge on any atom is -0.375 e. The monoisotopic (exact) mass is 283 g/mol. The van der Waals surface area contributed by atoms with Crippen LogP contribution in [0.15, 0.2) is 0 Å². The highest BCUT2D eigenvalue weighted by atomic mass is 16.5. The van der Waals surface area contributed by atoms with Crippen LogP contribution in [0.1, 0.15) is 19.8 Å². The van der Waals surface area contributed by atoms with Crippen molar-refractivity contribution < 1.29 is 9.53 Å². The molecule has 2 rings (SSSR count). The molecule has 1 atom stereocenters. The highest BCUT2D eigenvalue weighted by Crippen LogP contribution is 2.20. The molecule has 0 bridgehead atoms. The van der Waals surface area contributed by atoms with Gasteiger partial charge >= 0.3 is 0 Å². The second-order valence-corrected chi connectivity index (χ2v) is 6.36. The molecule has 0 spiro atoms. The molecule has 5 heteroatoms. The summed E-state index contributed by atoms with van der Waals surface area (Å²) in [6.07, 6.45) is 2.27. The van der Waals surface area contributed by atoms with Gasteiger partial charge in [-0.1, -0.05) is 0 Å². The number of ether oxygens (including phenoxy) is 1. The Balaban J connectivity index is 1.73. The summed E-state index contributed by atoms with van der Waals surface area (Å²) in [6, 6.07) is 0.655. The predicted molar refractivity (Wildman–Crippen MR) is 79.7 cm³/mol. The van der Waals surface area contributed by atoms with E-state index < -0.39 is 0 Å². The smallest absolute Gasteiger partial charge is 0.248 e. The van der Waals surface area contributed by atoms with Gasteiger partial charge in [0.1, 0.15) is 6.61 Å². The van der Waals surface area contributed by atoms with E-state index in [1.165, 1.54) is 26.2 Å². The maximum absolute atomic E-state index is 11.8. The largest absolute Gasteiger partial charge is 0.375 e. The lowest BCUT2D eigenvalue weighted by atomic mass is 9.95. The minimum absolute atomic E-state index is 0.138. The number of carbonyl (C=O) groups excluding carboxylic acids is 1. The van der Waals surface area contributed by atoms with Crippen molar-refractivity contribution in [3.63, 3.8) is 0 Å². The van der Waals surface area contributed by atoms with Crippen LogP contribution in [0, 0.1) is 5.92 Å². The summed E-state index contributed by atoms with van der Waals surface area (Å²) in [4.78, 5) is 18.8. The van der Waals surface area contributed by atoms with Gasteiger partial charge in [0, 0.05) is 52.4 Å². The highest BCUT2D eigenvalue weighted by Gasteiger charge is 2.27. The third-order valence-corrected chi connectivity index (χ3v) is 4.70. The molecule has 0 aromatic rings. The van der Waals surface area contributed by atoms with E-state index in [-0.39, 0.29) is 12.5 Å². The number of amides is 1. The number of hydrogen-bond donors (Lipinski definition) is 0. The Morgan fingerprint density at radius 3 is 2.50 bits per heavy atom. The molecule has 0 aliphatic carbocycles. The van der Waals surface area contributed by atoms with Gasteiger partial charge in [-0.2, -0.15) is 0 Å². The summed E-state index contributed by atoms with van der Waals surface area (Å²) in [7, 11) is 3.78. The van der Waals surface area contributed by atoms with Crippen molar-refractivity contribution in [1.82, 2.24) is 14.7 Å². The Labute approximate surface area is 122 Å². The van der Waals surface area contributed by atoms with Crippen molar-refractivity contribution in [2.24, 2.45) is 5.92 Å². The van der Waals surface area contributed by atoms with E-state index in [1.807, 2.05) is 4.90 Å². The summed E-state index contributed by atoms with van der Waals surface area (Å²) in [5, 5.41) is 0. The number of piperazine rings is 1. The van der Waals surface area contributed by atoms with E-state index in [4.69, 9.17) is 4.74 Å². The van der Waals surface area contributed by atoms with Crippen molar-refractivity contribution >= 4 is 5.91 Å². The summed E-state index contributed by atoms with van der Waals surface area (Å²) in [5.74, 6) is 0.881. The number of carbonyl (C=O) groups is 1. The first-order valence-electron chi connectivity index (χ1n) is 7.79. The zero-order chi connectivity index (χ0) is 14.5. The second kappa shape index (κ2) is 7.38. The van der Waals surface area contributed by atoms with E-state index in [0.717, 1.165) is 31.8 Å². The molecule has 2 heterocycles. The SMILES string of the molecule is COCC(=O)N1CCC(CN2CCN(C)CC2C)CC1. The molecule has 0 saturated carbocycles. The van der Waals surface area contributed by atoms with Crippen LogP contribution in [-0.2, 0) is 9.53 Å². The number of hydrogen-bond acceptors (Lipinski definition) is 4. The van der Waals surface area contributed by atoms with Crippen LogP contribution in [0.2, 0.25) is 0 Å². The number of piperidine rings is 1. The van der Waals surface area contributed by atoms with Gasteiger partial charge in [0.15, 0.2) is 0 Å². The fraction of sp³-hybridized carbons (Fsp3) is 0.933. The minimum atomic E-state index is 0.138. The van der Waals surface area contributed by atoms with Crippen LogP contribution in [0.25, 0.3) is 0 Å². The van der Waals surface area contributed by atoms with Crippen molar-refractivity contribution in [3.05, 3.63) is 0 Å². The van der Waals surface area contributed by atoms with E-state index in [0.29, 0.717) is 6.04 Å².